The Bertz CT molecular complexity index is 1610. The molecule has 2 N–H and O–H groups in total. The van der Waals surface area contributed by atoms with Crippen LogP contribution >= 0.6 is 0 Å². The van der Waals surface area contributed by atoms with E-state index in [0.29, 0.717) is 23.6 Å². The fourth-order valence-corrected chi connectivity index (χ4v) is 5.38. The minimum atomic E-state index is -0.730. The van der Waals surface area contributed by atoms with Crippen LogP contribution in [0.4, 0.5) is 4.39 Å². The number of carbonyl (C=O) groups excluding carboxylic acids is 1. The minimum absolute atomic E-state index is 0.0222. The van der Waals surface area contributed by atoms with E-state index in [1.54, 1.807) is 24.3 Å². The largest absolute Gasteiger partial charge is 0.473 e. The fraction of sp³-hybridized carbons (Fsp3) is 0.375. The second-order valence-corrected chi connectivity index (χ2v) is 10.7. The number of halogens is 1. The van der Waals surface area contributed by atoms with Gasteiger partial charge in [-0.3, -0.25) is 9.69 Å². The van der Waals surface area contributed by atoms with Gasteiger partial charge < -0.3 is 19.5 Å². The summed E-state index contributed by atoms with van der Waals surface area (Å²) < 4.78 is 22.0. The standard InChI is InChI=1S/C32H34FN5O4/c1-21(40)24-7-8-29-30(16-24)38(18-26(41)11-14-39)31(35-29)19-37-12-9-23(10-13-37)28-3-2-4-32(36-28)42-20-25-6-5-22(17-34)15-27(25)33/h2-8,15-16,23,26,39,41H,9-14,18-20H2,1H3. The number of fused-ring (bicyclic) bond motifs is 1. The number of piperidine rings is 1. The molecule has 1 fully saturated rings. The number of imidazole rings is 1. The van der Waals surface area contributed by atoms with Crippen molar-refractivity contribution >= 4 is 16.8 Å². The number of carbonyl (C=O) groups is 1. The number of benzene rings is 2. The summed E-state index contributed by atoms with van der Waals surface area (Å²) in [6.45, 7) is 3.97. The number of hydrogen-bond donors (Lipinski definition) is 2. The van der Waals surface area contributed by atoms with Crippen molar-refractivity contribution in [2.75, 3.05) is 19.7 Å². The summed E-state index contributed by atoms with van der Waals surface area (Å²) in [5.74, 6) is 0.977. The van der Waals surface area contributed by atoms with Gasteiger partial charge in [-0.25, -0.2) is 14.4 Å². The van der Waals surface area contributed by atoms with E-state index in [9.17, 15) is 19.4 Å². The highest BCUT2D eigenvalue weighted by molar-refractivity contribution is 5.97. The van der Waals surface area contributed by atoms with Crippen molar-refractivity contribution in [1.82, 2.24) is 19.4 Å². The number of nitrogens with zero attached hydrogens (tertiary/aromatic N) is 5. The summed E-state index contributed by atoms with van der Waals surface area (Å²) in [7, 11) is 0. The van der Waals surface area contributed by atoms with Gasteiger partial charge in [0.15, 0.2) is 5.78 Å². The molecule has 0 aliphatic carbocycles. The number of ether oxygens (including phenoxy) is 1. The summed E-state index contributed by atoms with van der Waals surface area (Å²) in [4.78, 5) is 23.8. The molecule has 1 unspecified atom stereocenters. The number of pyridine rings is 1. The Kier molecular flexibility index (Phi) is 9.22. The highest BCUT2D eigenvalue weighted by Gasteiger charge is 2.24. The van der Waals surface area contributed by atoms with Crippen LogP contribution in [-0.4, -0.2) is 61.2 Å². The van der Waals surface area contributed by atoms with E-state index in [4.69, 9.17) is 20.0 Å². The molecule has 218 valence electrons. The zero-order chi connectivity index (χ0) is 29.6. The zero-order valence-corrected chi connectivity index (χ0v) is 23.5. The van der Waals surface area contributed by atoms with E-state index in [0.717, 1.165) is 48.5 Å². The van der Waals surface area contributed by atoms with Crippen LogP contribution in [0.15, 0.2) is 54.6 Å². The number of likely N-dealkylation sites (tertiary alicyclic amines) is 1. The van der Waals surface area contributed by atoms with Crippen molar-refractivity contribution in [1.29, 1.82) is 5.26 Å². The molecule has 10 heteroatoms. The van der Waals surface area contributed by atoms with Crippen LogP contribution in [0.1, 0.15) is 65.1 Å². The van der Waals surface area contributed by atoms with Crippen LogP contribution in [0.2, 0.25) is 0 Å². The molecule has 2 aromatic carbocycles. The number of aliphatic hydroxyl groups excluding tert-OH is 2. The minimum Gasteiger partial charge on any atom is -0.473 e. The molecule has 0 spiro atoms. The van der Waals surface area contributed by atoms with E-state index in [1.807, 2.05) is 34.9 Å². The zero-order valence-electron chi connectivity index (χ0n) is 23.5. The number of ketones is 1. The van der Waals surface area contributed by atoms with Gasteiger partial charge in [-0.05, 0) is 75.7 Å². The van der Waals surface area contributed by atoms with Gasteiger partial charge in [0.25, 0.3) is 0 Å². The van der Waals surface area contributed by atoms with Gasteiger partial charge >= 0.3 is 0 Å². The molecular formula is C32H34FN5O4. The van der Waals surface area contributed by atoms with Gasteiger partial charge in [-0.1, -0.05) is 12.1 Å². The second-order valence-electron chi connectivity index (χ2n) is 10.7. The molecule has 1 atom stereocenters. The average Bonchev–Trinajstić information content (AvgIpc) is 3.32. The first-order chi connectivity index (χ1) is 20.3. The van der Waals surface area contributed by atoms with E-state index < -0.39 is 11.9 Å². The Morgan fingerprint density at radius 1 is 1.17 bits per heavy atom. The number of aliphatic hydroxyl groups is 2. The molecule has 3 heterocycles. The van der Waals surface area contributed by atoms with Gasteiger partial charge in [-0.2, -0.15) is 5.26 Å². The third-order valence-corrected chi connectivity index (χ3v) is 7.76. The number of hydrogen-bond acceptors (Lipinski definition) is 8. The van der Waals surface area contributed by atoms with E-state index >= 15 is 0 Å². The molecule has 1 saturated heterocycles. The van der Waals surface area contributed by atoms with Crippen LogP contribution in [0, 0.1) is 17.1 Å². The van der Waals surface area contributed by atoms with Crippen LogP contribution in [-0.2, 0) is 19.7 Å². The van der Waals surface area contributed by atoms with Crippen LogP contribution < -0.4 is 4.74 Å². The topological polar surface area (TPSA) is 124 Å². The van der Waals surface area contributed by atoms with E-state index in [1.165, 1.54) is 13.0 Å². The van der Waals surface area contributed by atoms with Crippen LogP contribution in [0.5, 0.6) is 5.88 Å². The van der Waals surface area contributed by atoms with Crippen molar-refractivity contribution < 1.29 is 24.1 Å². The number of nitriles is 1. The lowest BCUT2D eigenvalue weighted by Crippen LogP contribution is -2.34. The molecule has 0 bridgehead atoms. The first-order valence-electron chi connectivity index (χ1n) is 14.1. The lowest BCUT2D eigenvalue weighted by Gasteiger charge is -2.31. The molecule has 42 heavy (non-hydrogen) atoms. The lowest BCUT2D eigenvalue weighted by atomic mass is 9.93. The Labute approximate surface area is 243 Å². The molecular weight excluding hydrogens is 537 g/mol. The smallest absolute Gasteiger partial charge is 0.213 e. The molecule has 0 saturated carbocycles. The first-order valence-corrected chi connectivity index (χ1v) is 14.1. The molecule has 0 amide bonds. The van der Waals surface area contributed by atoms with Gasteiger partial charge in [0, 0.05) is 35.4 Å². The number of rotatable bonds is 11. The third-order valence-electron chi connectivity index (χ3n) is 7.76. The predicted molar refractivity (Wildman–Crippen MR) is 154 cm³/mol. The fourth-order valence-electron chi connectivity index (χ4n) is 5.38. The summed E-state index contributed by atoms with van der Waals surface area (Å²) in [6, 6.07) is 17.3. The highest BCUT2D eigenvalue weighted by atomic mass is 19.1. The molecule has 1 aliphatic heterocycles. The Hall–Kier alpha value is -4.17. The first kappa shape index (κ1) is 29.3. The van der Waals surface area contributed by atoms with Crippen molar-refractivity contribution in [3.8, 4) is 11.9 Å². The summed E-state index contributed by atoms with van der Waals surface area (Å²) in [5, 5.41) is 28.7. The van der Waals surface area contributed by atoms with Gasteiger partial charge in [-0.15, -0.1) is 0 Å². The maximum Gasteiger partial charge on any atom is 0.213 e. The Balaban J connectivity index is 1.24. The summed E-state index contributed by atoms with van der Waals surface area (Å²) in [6.07, 6.45) is 1.31. The highest BCUT2D eigenvalue weighted by Crippen LogP contribution is 2.29. The number of aromatic nitrogens is 3. The predicted octanol–water partition coefficient (Wildman–Crippen LogP) is 4.35. The average molecular weight is 572 g/mol. The summed E-state index contributed by atoms with van der Waals surface area (Å²) in [5.41, 5.74) is 3.72. The summed E-state index contributed by atoms with van der Waals surface area (Å²) >= 11 is 0. The normalized spacial score (nSPS) is 15.0. The number of Topliss-reactive ketones (excluding diaryl/α,β-unsaturated/α-hetero) is 1. The molecule has 4 aromatic rings. The van der Waals surface area contributed by atoms with Crippen molar-refractivity contribution in [2.24, 2.45) is 0 Å². The van der Waals surface area contributed by atoms with Crippen LogP contribution in [0.3, 0.4) is 0 Å². The van der Waals surface area contributed by atoms with Crippen molar-refractivity contribution in [3.05, 3.63) is 88.6 Å². The van der Waals surface area contributed by atoms with E-state index in [-0.39, 0.29) is 43.4 Å². The monoisotopic (exact) mass is 571 g/mol. The molecule has 5 rings (SSSR count). The molecule has 2 aromatic heterocycles. The van der Waals surface area contributed by atoms with Gasteiger partial charge in [0.05, 0.1) is 41.9 Å². The Morgan fingerprint density at radius 2 is 1.98 bits per heavy atom. The molecule has 1 aliphatic rings. The molecule has 0 radical (unpaired) electrons. The SMILES string of the molecule is CC(=O)c1ccc2nc(CN3CCC(c4cccc(OCc5ccc(C#N)cc5F)n4)CC3)n(CC(O)CCO)c2c1. The molecule has 9 nitrogen and oxygen atoms in total. The van der Waals surface area contributed by atoms with Gasteiger partial charge in [0.1, 0.15) is 18.2 Å². The quantitative estimate of drug-likeness (QED) is 0.255. The van der Waals surface area contributed by atoms with Crippen LogP contribution in [0.25, 0.3) is 11.0 Å². The second kappa shape index (κ2) is 13.2. The van der Waals surface area contributed by atoms with Crippen molar-refractivity contribution in [3.63, 3.8) is 0 Å². The van der Waals surface area contributed by atoms with E-state index in [2.05, 4.69) is 4.90 Å². The maximum absolute atomic E-state index is 14.2. The third kappa shape index (κ3) is 6.82. The van der Waals surface area contributed by atoms with Crippen molar-refractivity contribution in [2.45, 2.75) is 57.9 Å². The lowest BCUT2D eigenvalue weighted by molar-refractivity contribution is 0.101. The van der Waals surface area contributed by atoms with Gasteiger partial charge in [0.2, 0.25) is 5.88 Å². The Morgan fingerprint density at radius 3 is 2.69 bits per heavy atom. The maximum atomic E-state index is 14.2.